The molecule has 2 rings (SSSR count). The van der Waals surface area contributed by atoms with E-state index in [1.165, 1.54) is 31.2 Å². The zero-order chi connectivity index (χ0) is 13.7. The lowest BCUT2D eigenvalue weighted by Gasteiger charge is -2.42. The van der Waals surface area contributed by atoms with Crippen LogP contribution in [0, 0.1) is 5.92 Å². The molecule has 1 aliphatic rings. The van der Waals surface area contributed by atoms with Crippen molar-refractivity contribution in [3.63, 3.8) is 0 Å². The highest BCUT2D eigenvalue weighted by molar-refractivity contribution is 5.10. The van der Waals surface area contributed by atoms with Crippen LogP contribution < -0.4 is 5.73 Å². The van der Waals surface area contributed by atoms with E-state index in [9.17, 15) is 0 Å². The highest BCUT2D eigenvalue weighted by Crippen LogP contribution is 2.35. The number of likely N-dealkylation sites (N-methyl/N-ethyl adjacent to an activating group) is 1. The second kappa shape index (κ2) is 6.49. The van der Waals surface area contributed by atoms with Crippen LogP contribution in [0.3, 0.4) is 0 Å². The number of nitrogens with zero attached hydrogens (tertiary/aromatic N) is 2. The Bertz CT molecular complexity index is 375. The standard InChI is InChI=1S/C16H27N3/c1-16(13-17,12-15-4-3-5-15)19(2)11-8-14-6-9-18-10-7-14/h6-7,9-10,15H,3-5,8,11-13,17H2,1-2H3. The summed E-state index contributed by atoms with van der Waals surface area (Å²) in [6.07, 6.45) is 10.3. The number of hydrogen-bond donors (Lipinski definition) is 1. The van der Waals surface area contributed by atoms with E-state index >= 15 is 0 Å². The molecular formula is C16H27N3. The molecule has 19 heavy (non-hydrogen) atoms. The first-order chi connectivity index (χ1) is 9.14. The molecule has 1 unspecified atom stereocenters. The van der Waals surface area contributed by atoms with E-state index in [-0.39, 0.29) is 5.54 Å². The van der Waals surface area contributed by atoms with Crippen LogP contribution in [0.4, 0.5) is 0 Å². The van der Waals surface area contributed by atoms with Gasteiger partial charge in [0.2, 0.25) is 0 Å². The monoisotopic (exact) mass is 261 g/mol. The molecule has 106 valence electrons. The van der Waals surface area contributed by atoms with Gasteiger partial charge in [-0.15, -0.1) is 0 Å². The number of aromatic nitrogens is 1. The first kappa shape index (κ1) is 14.5. The van der Waals surface area contributed by atoms with Gasteiger partial charge in [-0.1, -0.05) is 19.3 Å². The summed E-state index contributed by atoms with van der Waals surface area (Å²) in [5.74, 6) is 0.900. The summed E-state index contributed by atoms with van der Waals surface area (Å²) < 4.78 is 0. The van der Waals surface area contributed by atoms with Crippen molar-refractivity contribution in [1.82, 2.24) is 9.88 Å². The van der Waals surface area contributed by atoms with Crippen molar-refractivity contribution < 1.29 is 0 Å². The molecule has 0 amide bonds. The molecule has 0 aliphatic heterocycles. The van der Waals surface area contributed by atoms with Crippen molar-refractivity contribution in [2.45, 2.75) is 44.6 Å². The van der Waals surface area contributed by atoms with Gasteiger partial charge in [0, 0.05) is 31.0 Å². The molecule has 3 nitrogen and oxygen atoms in total. The van der Waals surface area contributed by atoms with E-state index in [2.05, 4.69) is 36.0 Å². The Labute approximate surface area is 117 Å². The molecule has 1 aromatic rings. The maximum absolute atomic E-state index is 6.05. The van der Waals surface area contributed by atoms with E-state index in [1.807, 2.05) is 12.4 Å². The molecule has 0 bridgehead atoms. The predicted octanol–water partition coefficient (Wildman–Crippen LogP) is 2.46. The summed E-state index contributed by atoms with van der Waals surface area (Å²) >= 11 is 0. The summed E-state index contributed by atoms with van der Waals surface area (Å²) in [4.78, 5) is 6.51. The molecule has 1 aliphatic carbocycles. The minimum atomic E-state index is 0.151. The molecule has 3 heteroatoms. The smallest absolute Gasteiger partial charge is 0.0303 e. The molecule has 0 aromatic carbocycles. The van der Waals surface area contributed by atoms with Gasteiger partial charge in [0.25, 0.3) is 0 Å². The number of pyridine rings is 1. The van der Waals surface area contributed by atoms with Crippen molar-refractivity contribution >= 4 is 0 Å². The second-order valence-corrected chi connectivity index (χ2v) is 6.23. The summed E-state index contributed by atoms with van der Waals surface area (Å²) in [6, 6.07) is 4.19. The predicted molar refractivity (Wildman–Crippen MR) is 80.0 cm³/mol. The topological polar surface area (TPSA) is 42.2 Å². The van der Waals surface area contributed by atoms with Gasteiger partial charge < -0.3 is 5.73 Å². The van der Waals surface area contributed by atoms with Gasteiger partial charge in [-0.05, 0) is 50.4 Å². The van der Waals surface area contributed by atoms with Crippen molar-refractivity contribution in [2.75, 3.05) is 20.1 Å². The number of nitrogens with two attached hydrogens (primary N) is 1. The molecular weight excluding hydrogens is 234 g/mol. The van der Waals surface area contributed by atoms with E-state index in [0.717, 1.165) is 25.4 Å². The Kier molecular flexibility index (Phi) is 4.94. The second-order valence-electron chi connectivity index (χ2n) is 6.23. The Morgan fingerprint density at radius 1 is 1.37 bits per heavy atom. The maximum atomic E-state index is 6.05. The number of rotatable bonds is 7. The van der Waals surface area contributed by atoms with Crippen LogP contribution in [-0.4, -0.2) is 35.6 Å². The molecule has 0 radical (unpaired) electrons. The van der Waals surface area contributed by atoms with Crippen LogP contribution >= 0.6 is 0 Å². The maximum Gasteiger partial charge on any atom is 0.0303 e. The SMILES string of the molecule is CN(CCc1ccncc1)C(C)(CN)CC1CCC1. The molecule has 1 saturated carbocycles. The largest absolute Gasteiger partial charge is 0.329 e. The van der Waals surface area contributed by atoms with E-state index in [0.29, 0.717) is 0 Å². The molecule has 0 spiro atoms. The van der Waals surface area contributed by atoms with Crippen molar-refractivity contribution in [3.8, 4) is 0 Å². The Balaban J connectivity index is 1.86. The highest BCUT2D eigenvalue weighted by Gasteiger charge is 2.32. The van der Waals surface area contributed by atoms with Crippen molar-refractivity contribution in [1.29, 1.82) is 0 Å². The zero-order valence-corrected chi connectivity index (χ0v) is 12.3. The molecule has 2 N–H and O–H groups in total. The first-order valence-electron chi connectivity index (χ1n) is 7.44. The third-order valence-corrected chi connectivity index (χ3v) is 4.80. The van der Waals surface area contributed by atoms with E-state index in [1.54, 1.807) is 0 Å². The molecule has 1 atom stereocenters. The van der Waals surface area contributed by atoms with Crippen LogP contribution in [0.5, 0.6) is 0 Å². The van der Waals surface area contributed by atoms with Crippen LogP contribution in [0.2, 0.25) is 0 Å². The lowest BCUT2D eigenvalue weighted by molar-refractivity contribution is 0.0929. The fourth-order valence-electron chi connectivity index (χ4n) is 2.83. The van der Waals surface area contributed by atoms with Crippen LogP contribution in [0.1, 0.15) is 38.2 Å². The van der Waals surface area contributed by atoms with Gasteiger partial charge in [0.15, 0.2) is 0 Å². The summed E-state index contributed by atoms with van der Waals surface area (Å²) in [5.41, 5.74) is 7.55. The third kappa shape index (κ3) is 3.77. The van der Waals surface area contributed by atoms with Gasteiger partial charge >= 0.3 is 0 Å². The Morgan fingerprint density at radius 3 is 2.58 bits per heavy atom. The van der Waals surface area contributed by atoms with Gasteiger partial charge in [0.05, 0.1) is 0 Å². The van der Waals surface area contributed by atoms with Crippen molar-refractivity contribution in [3.05, 3.63) is 30.1 Å². The molecule has 1 aromatic heterocycles. The normalized spacial score (nSPS) is 19.2. The molecule has 0 saturated heterocycles. The van der Waals surface area contributed by atoms with E-state index < -0.39 is 0 Å². The highest BCUT2D eigenvalue weighted by atomic mass is 15.2. The molecule has 1 fully saturated rings. The first-order valence-corrected chi connectivity index (χ1v) is 7.44. The fourth-order valence-corrected chi connectivity index (χ4v) is 2.83. The van der Waals surface area contributed by atoms with Gasteiger partial charge in [0.1, 0.15) is 0 Å². The lowest BCUT2D eigenvalue weighted by Crippen LogP contribution is -2.52. The Morgan fingerprint density at radius 2 is 2.05 bits per heavy atom. The molecule has 1 heterocycles. The lowest BCUT2D eigenvalue weighted by atomic mass is 9.76. The summed E-state index contributed by atoms with van der Waals surface area (Å²) in [5, 5.41) is 0. The zero-order valence-electron chi connectivity index (χ0n) is 12.3. The fraction of sp³-hybridized carbons (Fsp3) is 0.688. The van der Waals surface area contributed by atoms with Crippen LogP contribution in [0.15, 0.2) is 24.5 Å². The Hall–Kier alpha value is -0.930. The van der Waals surface area contributed by atoms with Gasteiger partial charge in [-0.3, -0.25) is 9.88 Å². The number of hydrogen-bond acceptors (Lipinski definition) is 3. The minimum Gasteiger partial charge on any atom is -0.329 e. The van der Waals surface area contributed by atoms with Gasteiger partial charge in [-0.25, -0.2) is 0 Å². The minimum absolute atomic E-state index is 0.151. The average molecular weight is 261 g/mol. The van der Waals surface area contributed by atoms with E-state index in [4.69, 9.17) is 5.73 Å². The quantitative estimate of drug-likeness (QED) is 0.820. The summed E-state index contributed by atoms with van der Waals surface area (Å²) in [6.45, 7) is 4.12. The van der Waals surface area contributed by atoms with Crippen molar-refractivity contribution in [2.24, 2.45) is 11.7 Å². The van der Waals surface area contributed by atoms with Gasteiger partial charge in [-0.2, -0.15) is 0 Å². The van der Waals surface area contributed by atoms with Crippen LogP contribution in [-0.2, 0) is 6.42 Å². The van der Waals surface area contributed by atoms with Crippen LogP contribution in [0.25, 0.3) is 0 Å². The average Bonchev–Trinajstić information content (AvgIpc) is 2.41. The third-order valence-electron chi connectivity index (χ3n) is 4.80. The summed E-state index contributed by atoms with van der Waals surface area (Å²) in [7, 11) is 2.21.